The minimum Gasteiger partial charge on any atom is -0.494 e. The van der Waals surface area contributed by atoms with Gasteiger partial charge in [0.1, 0.15) is 54.1 Å². The Hall–Kier alpha value is -4.25. The van der Waals surface area contributed by atoms with E-state index in [1.54, 1.807) is 25.1 Å². The predicted molar refractivity (Wildman–Crippen MR) is 153 cm³/mol. The van der Waals surface area contributed by atoms with E-state index in [0.29, 0.717) is 46.3 Å². The number of halogens is 3. The molecule has 224 valence electrons. The lowest BCUT2D eigenvalue weighted by Gasteiger charge is -2.41. The smallest absolute Gasteiger partial charge is 0.251 e. The average molecular weight is 593 g/mol. The maximum Gasteiger partial charge on any atom is 0.251 e. The van der Waals surface area contributed by atoms with Gasteiger partial charge < -0.3 is 19.9 Å². The lowest BCUT2D eigenvalue weighted by Crippen LogP contribution is -2.49. The minimum absolute atomic E-state index is 0.161. The van der Waals surface area contributed by atoms with Crippen LogP contribution in [0.2, 0.25) is 0 Å². The third-order valence-electron chi connectivity index (χ3n) is 8.67. The maximum atomic E-state index is 14.4. The van der Waals surface area contributed by atoms with E-state index in [2.05, 4.69) is 15.5 Å². The Labute approximate surface area is 246 Å². The summed E-state index contributed by atoms with van der Waals surface area (Å²) in [4.78, 5) is 18.2. The molecule has 6 rings (SSSR count). The van der Waals surface area contributed by atoms with Gasteiger partial charge in [-0.2, -0.15) is 5.10 Å². The molecule has 0 radical (unpaired) electrons. The number of carbonyl (C=O) groups excluding carboxylic acids is 1. The van der Waals surface area contributed by atoms with Crippen LogP contribution >= 0.6 is 0 Å². The largest absolute Gasteiger partial charge is 0.494 e. The third-order valence-corrected chi connectivity index (χ3v) is 8.67. The number of hydrogen-bond acceptors (Lipinski definition) is 7. The molecule has 1 aliphatic carbocycles. The Morgan fingerprint density at radius 3 is 2.53 bits per heavy atom. The van der Waals surface area contributed by atoms with Crippen molar-refractivity contribution in [2.24, 2.45) is 5.92 Å². The number of pyridine rings is 1. The van der Waals surface area contributed by atoms with Crippen LogP contribution in [0, 0.1) is 18.7 Å². The van der Waals surface area contributed by atoms with Crippen LogP contribution in [0.5, 0.6) is 11.5 Å². The van der Waals surface area contributed by atoms with Gasteiger partial charge in [0.25, 0.3) is 5.91 Å². The second-order valence-corrected chi connectivity index (χ2v) is 11.4. The quantitative estimate of drug-likeness (QED) is 0.277. The van der Waals surface area contributed by atoms with Gasteiger partial charge in [0.05, 0.1) is 30.5 Å². The van der Waals surface area contributed by atoms with Crippen molar-refractivity contribution < 1.29 is 32.5 Å². The first-order valence-electron chi connectivity index (χ1n) is 14.1. The molecule has 1 saturated carbocycles. The SMILES string of the molecule is COc1cc(C(=O)NCC(O)(c2cc3c(c(-c4ccc(F)cc4)n2)OCC3(CF)CF)C2CCC2)cc2cc(C)nnc12. The first kappa shape index (κ1) is 28.9. The highest BCUT2D eigenvalue weighted by Gasteiger charge is 2.48. The Balaban J connectivity index is 1.40. The van der Waals surface area contributed by atoms with Gasteiger partial charge in [0, 0.05) is 22.1 Å². The van der Waals surface area contributed by atoms with E-state index in [4.69, 9.17) is 14.5 Å². The average Bonchev–Trinajstić information content (AvgIpc) is 3.37. The van der Waals surface area contributed by atoms with Crippen molar-refractivity contribution in [1.29, 1.82) is 0 Å². The van der Waals surface area contributed by atoms with Crippen LogP contribution in [0.4, 0.5) is 13.2 Å². The van der Waals surface area contributed by atoms with Crippen molar-refractivity contribution in [2.75, 3.05) is 33.6 Å². The van der Waals surface area contributed by atoms with Crippen LogP contribution in [0.25, 0.3) is 22.2 Å². The van der Waals surface area contributed by atoms with E-state index in [1.807, 2.05) is 0 Å². The number of nitrogens with zero attached hydrogens (tertiary/aromatic N) is 3. The van der Waals surface area contributed by atoms with Crippen molar-refractivity contribution in [3.8, 4) is 22.8 Å². The fraction of sp³-hybridized carbons (Fsp3) is 0.375. The minimum atomic E-state index is -1.67. The number of fused-ring (bicyclic) bond motifs is 2. The van der Waals surface area contributed by atoms with E-state index < -0.39 is 36.1 Å². The van der Waals surface area contributed by atoms with Crippen LogP contribution in [-0.2, 0) is 11.0 Å². The normalized spacial score (nSPS) is 17.1. The fourth-order valence-electron chi connectivity index (χ4n) is 5.81. The van der Waals surface area contributed by atoms with Crippen LogP contribution in [0.1, 0.15) is 46.6 Å². The standard InChI is InChI=1S/C32H31F3N4O4/c1-18-10-20-11-21(12-25(42-2)27(20)39-38-18)30(40)36-16-32(41,22-4-3-5-22)26-13-24-29(43-17-31(24,14-33)15-34)28(37-26)19-6-8-23(35)9-7-19/h6-13,22,41H,3-5,14-17H2,1-2H3,(H,36,40). The van der Waals surface area contributed by atoms with Crippen molar-refractivity contribution >= 4 is 16.8 Å². The molecule has 3 heterocycles. The van der Waals surface area contributed by atoms with Crippen LogP contribution in [0.3, 0.4) is 0 Å². The molecule has 8 nitrogen and oxygen atoms in total. The van der Waals surface area contributed by atoms with E-state index in [-0.39, 0.29) is 41.8 Å². The summed E-state index contributed by atoms with van der Waals surface area (Å²) in [5.74, 6) is -0.608. The molecule has 4 aromatic rings. The molecule has 1 atom stereocenters. The summed E-state index contributed by atoms with van der Waals surface area (Å²) in [7, 11) is 1.48. The van der Waals surface area contributed by atoms with Crippen molar-refractivity contribution in [3.05, 3.63) is 76.9 Å². The summed E-state index contributed by atoms with van der Waals surface area (Å²) in [6.07, 6.45) is 2.22. The number of ether oxygens (including phenoxy) is 2. The number of benzene rings is 2. The number of methoxy groups -OCH3 is 1. The van der Waals surface area contributed by atoms with Gasteiger partial charge in [-0.3, -0.25) is 4.79 Å². The van der Waals surface area contributed by atoms with Gasteiger partial charge in [-0.1, -0.05) is 6.42 Å². The zero-order valence-corrected chi connectivity index (χ0v) is 23.8. The van der Waals surface area contributed by atoms with Gasteiger partial charge >= 0.3 is 0 Å². The molecular formula is C32H31F3N4O4. The lowest BCUT2D eigenvalue weighted by atomic mass is 9.70. The molecule has 2 aromatic heterocycles. The molecule has 0 bridgehead atoms. The Kier molecular flexibility index (Phi) is 7.45. The first-order chi connectivity index (χ1) is 20.7. The van der Waals surface area contributed by atoms with Gasteiger partial charge in [-0.15, -0.1) is 5.10 Å². The highest BCUT2D eigenvalue weighted by molar-refractivity contribution is 5.99. The summed E-state index contributed by atoms with van der Waals surface area (Å²) < 4.78 is 53.8. The number of aryl methyl sites for hydroxylation is 1. The second kappa shape index (κ2) is 11.1. The molecule has 1 unspecified atom stereocenters. The number of hydrogen-bond donors (Lipinski definition) is 2. The summed E-state index contributed by atoms with van der Waals surface area (Å²) >= 11 is 0. The maximum absolute atomic E-state index is 14.4. The summed E-state index contributed by atoms with van der Waals surface area (Å²) in [5.41, 5.74) is -0.619. The number of alkyl halides is 2. The number of rotatable bonds is 9. The van der Waals surface area contributed by atoms with Crippen molar-refractivity contribution in [3.63, 3.8) is 0 Å². The lowest BCUT2D eigenvalue weighted by molar-refractivity contribution is -0.0567. The Morgan fingerprint density at radius 2 is 1.88 bits per heavy atom. The topological polar surface area (TPSA) is 106 Å². The van der Waals surface area contributed by atoms with E-state index in [9.17, 15) is 23.1 Å². The van der Waals surface area contributed by atoms with Crippen molar-refractivity contribution in [2.45, 2.75) is 37.2 Å². The molecule has 1 aliphatic heterocycles. The molecule has 43 heavy (non-hydrogen) atoms. The highest BCUT2D eigenvalue weighted by Crippen LogP contribution is 2.49. The van der Waals surface area contributed by atoms with Crippen LogP contribution in [-0.4, -0.2) is 59.8 Å². The molecule has 2 aromatic carbocycles. The summed E-state index contributed by atoms with van der Waals surface area (Å²) in [6, 6.07) is 12.0. The second-order valence-electron chi connectivity index (χ2n) is 11.4. The monoisotopic (exact) mass is 592 g/mol. The van der Waals surface area contributed by atoms with Crippen LogP contribution < -0.4 is 14.8 Å². The molecular weight excluding hydrogens is 561 g/mol. The van der Waals surface area contributed by atoms with E-state index in [1.165, 1.54) is 37.4 Å². The Bertz CT molecular complexity index is 1690. The zero-order chi connectivity index (χ0) is 30.4. The number of nitrogens with one attached hydrogen (secondary N) is 1. The summed E-state index contributed by atoms with van der Waals surface area (Å²) in [5, 5.41) is 24.0. The highest BCUT2D eigenvalue weighted by atomic mass is 19.1. The molecule has 0 saturated heterocycles. The number of carbonyl (C=O) groups is 1. The van der Waals surface area contributed by atoms with Crippen LogP contribution in [0.15, 0.2) is 48.5 Å². The number of amides is 1. The number of aliphatic hydroxyl groups is 1. The third kappa shape index (κ3) is 4.95. The number of aromatic nitrogens is 3. The summed E-state index contributed by atoms with van der Waals surface area (Å²) in [6.45, 7) is -0.691. The van der Waals surface area contributed by atoms with E-state index in [0.717, 1.165) is 6.42 Å². The Morgan fingerprint density at radius 1 is 1.14 bits per heavy atom. The van der Waals surface area contributed by atoms with Crippen molar-refractivity contribution in [1.82, 2.24) is 20.5 Å². The predicted octanol–water partition coefficient (Wildman–Crippen LogP) is 5.13. The van der Waals surface area contributed by atoms with E-state index >= 15 is 0 Å². The molecule has 1 amide bonds. The molecule has 11 heteroatoms. The molecule has 2 aliphatic rings. The first-order valence-corrected chi connectivity index (χ1v) is 14.1. The molecule has 0 spiro atoms. The molecule has 1 fully saturated rings. The van der Waals surface area contributed by atoms with Gasteiger partial charge in [-0.05, 0) is 74.2 Å². The van der Waals surface area contributed by atoms with Gasteiger partial charge in [-0.25, -0.2) is 18.2 Å². The zero-order valence-electron chi connectivity index (χ0n) is 23.8. The molecule has 2 N–H and O–H groups in total. The fourth-order valence-corrected chi connectivity index (χ4v) is 5.81. The van der Waals surface area contributed by atoms with Gasteiger partial charge in [0.2, 0.25) is 0 Å². The van der Waals surface area contributed by atoms with Gasteiger partial charge in [0.15, 0.2) is 0 Å².